The van der Waals surface area contributed by atoms with Gasteiger partial charge in [0.25, 0.3) is 5.69 Å². The van der Waals surface area contributed by atoms with Crippen LogP contribution >= 0.6 is 12.4 Å². The number of para-hydroxylation sites is 1. The number of hydrogen-bond acceptors (Lipinski definition) is 5. The first kappa shape index (κ1) is 20.9. The summed E-state index contributed by atoms with van der Waals surface area (Å²) in [5.74, 6) is 0. The van der Waals surface area contributed by atoms with Gasteiger partial charge in [0, 0.05) is 18.0 Å². The van der Waals surface area contributed by atoms with E-state index in [-0.39, 0.29) is 23.0 Å². The molecule has 7 heteroatoms. The molecule has 0 aliphatic carbocycles. The second kappa shape index (κ2) is 8.50. The van der Waals surface area contributed by atoms with Gasteiger partial charge in [0.2, 0.25) is 0 Å². The number of nitro benzene ring substituents is 1. The lowest BCUT2D eigenvalue weighted by Gasteiger charge is -2.16. The van der Waals surface area contributed by atoms with E-state index >= 15 is 0 Å². The molecule has 27 heavy (non-hydrogen) atoms. The molecule has 0 saturated carbocycles. The minimum atomic E-state index is -0.323. The van der Waals surface area contributed by atoms with Crippen LogP contribution in [-0.2, 0) is 0 Å². The highest BCUT2D eigenvalue weighted by Crippen LogP contribution is 2.38. The van der Waals surface area contributed by atoms with Crippen molar-refractivity contribution in [3.05, 3.63) is 51.6 Å². The van der Waals surface area contributed by atoms with Crippen LogP contribution in [-0.4, -0.2) is 42.0 Å². The van der Waals surface area contributed by atoms with Gasteiger partial charge in [-0.25, -0.2) is 4.98 Å². The lowest BCUT2D eigenvalue weighted by Crippen LogP contribution is -2.16. The molecular weight excluding hydrogens is 364 g/mol. The minimum absolute atomic E-state index is 0. The maximum atomic E-state index is 11.6. The van der Waals surface area contributed by atoms with E-state index in [0.29, 0.717) is 10.9 Å². The summed E-state index contributed by atoms with van der Waals surface area (Å²) in [5, 5.41) is 16.6. The fraction of sp³-hybridized carbons (Fsp3) is 0.350. The maximum Gasteiger partial charge on any atom is 0.280 e. The number of rotatable bonds is 6. The van der Waals surface area contributed by atoms with Crippen LogP contribution in [0.1, 0.15) is 17.5 Å². The molecule has 0 unspecified atom stereocenters. The number of fused-ring (bicyclic) bond motifs is 2. The van der Waals surface area contributed by atoms with Crippen molar-refractivity contribution in [1.29, 1.82) is 0 Å². The Bertz CT molecular complexity index is 989. The third kappa shape index (κ3) is 4.12. The minimum Gasteiger partial charge on any atom is -0.384 e. The first-order valence-corrected chi connectivity index (χ1v) is 8.75. The smallest absolute Gasteiger partial charge is 0.280 e. The van der Waals surface area contributed by atoms with Gasteiger partial charge in [-0.15, -0.1) is 12.4 Å². The summed E-state index contributed by atoms with van der Waals surface area (Å²) in [4.78, 5) is 18.2. The van der Waals surface area contributed by atoms with Crippen LogP contribution in [0.4, 0.5) is 11.4 Å². The molecule has 0 spiro atoms. The summed E-state index contributed by atoms with van der Waals surface area (Å²) in [7, 11) is 4.07. The van der Waals surface area contributed by atoms with Crippen molar-refractivity contribution in [2.75, 3.05) is 32.5 Å². The molecule has 0 radical (unpaired) electrons. The lowest BCUT2D eigenvalue weighted by molar-refractivity contribution is -0.383. The monoisotopic (exact) mass is 388 g/mol. The third-order valence-corrected chi connectivity index (χ3v) is 4.62. The number of non-ortho nitro benzene ring substituents is 1. The van der Waals surface area contributed by atoms with Crippen LogP contribution in [0.2, 0.25) is 0 Å². The standard InChI is InChI=1S/C20H24N4O2.ClH/c1-13-7-5-8-15-18(13)22-19-14(2)9-10-16(24(25)26)17(19)20(15)21-11-6-12-23(3)4;/h5,7-10H,6,11-12H2,1-4H3,(H,21,22);1H. The highest BCUT2D eigenvalue weighted by molar-refractivity contribution is 6.12. The van der Waals surface area contributed by atoms with Gasteiger partial charge in [0.15, 0.2) is 0 Å². The summed E-state index contributed by atoms with van der Waals surface area (Å²) in [6.45, 7) is 5.65. The quantitative estimate of drug-likeness (QED) is 0.287. The van der Waals surface area contributed by atoms with Crippen molar-refractivity contribution in [1.82, 2.24) is 9.88 Å². The first-order chi connectivity index (χ1) is 12.4. The molecule has 0 saturated heterocycles. The summed E-state index contributed by atoms with van der Waals surface area (Å²) < 4.78 is 0. The molecule has 1 N–H and O–H groups in total. The zero-order valence-electron chi connectivity index (χ0n) is 16.1. The number of pyridine rings is 1. The molecule has 144 valence electrons. The lowest BCUT2D eigenvalue weighted by atomic mass is 10.0. The molecule has 0 atom stereocenters. The number of benzene rings is 2. The topological polar surface area (TPSA) is 71.3 Å². The van der Waals surface area contributed by atoms with Crippen molar-refractivity contribution in [3.8, 4) is 0 Å². The first-order valence-electron chi connectivity index (χ1n) is 8.75. The van der Waals surface area contributed by atoms with E-state index in [1.807, 2.05) is 46.1 Å². The molecule has 3 aromatic rings. The molecule has 3 rings (SSSR count). The van der Waals surface area contributed by atoms with Crippen LogP contribution < -0.4 is 5.32 Å². The van der Waals surface area contributed by atoms with Gasteiger partial charge in [-0.1, -0.05) is 24.3 Å². The molecular formula is C20H25ClN4O2. The Kier molecular flexibility index (Phi) is 6.57. The number of aryl methyl sites for hydroxylation is 2. The zero-order valence-corrected chi connectivity index (χ0v) is 16.9. The fourth-order valence-electron chi connectivity index (χ4n) is 3.28. The number of hydrogen-bond donors (Lipinski definition) is 1. The van der Waals surface area contributed by atoms with Crippen LogP contribution in [0.25, 0.3) is 21.8 Å². The number of halogens is 1. The van der Waals surface area contributed by atoms with Crippen LogP contribution in [0.3, 0.4) is 0 Å². The zero-order chi connectivity index (χ0) is 18.8. The fourth-order valence-corrected chi connectivity index (χ4v) is 3.28. The SMILES string of the molecule is Cc1cccc2c(NCCCN(C)C)c3c([N+](=O)[O-])ccc(C)c3nc12.Cl. The van der Waals surface area contributed by atoms with E-state index in [2.05, 4.69) is 10.2 Å². The average Bonchev–Trinajstić information content (AvgIpc) is 2.58. The number of anilines is 1. The van der Waals surface area contributed by atoms with E-state index in [1.54, 1.807) is 12.1 Å². The number of aromatic nitrogens is 1. The Hall–Kier alpha value is -2.44. The molecule has 1 heterocycles. The van der Waals surface area contributed by atoms with E-state index in [0.717, 1.165) is 47.2 Å². The number of nitro groups is 1. The van der Waals surface area contributed by atoms with Gasteiger partial charge in [-0.2, -0.15) is 0 Å². The predicted octanol–water partition coefficient (Wildman–Crippen LogP) is 4.70. The Labute approximate surface area is 165 Å². The molecule has 0 aliphatic heterocycles. The van der Waals surface area contributed by atoms with Crippen molar-refractivity contribution >= 4 is 45.6 Å². The molecule has 0 bridgehead atoms. The summed E-state index contributed by atoms with van der Waals surface area (Å²) in [6, 6.07) is 9.32. The van der Waals surface area contributed by atoms with Crippen molar-refractivity contribution in [2.45, 2.75) is 20.3 Å². The average molecular weight is 389 g/mol. The summed E-state index contributed by atoms with van der Waals surface area (Å²) >= 11 is 0. The van der Waals surface area contributed by atoms with Gasteiger partial charge < -0.3 is 10.2 Å². The van der Waals surface area contributed by atoms with Crippen molar-refractivity contribution in [2.24, 2.45) is 0 Å². The molecule has 2 aromatic carbocycles. The Morgan fingerprint density at radius 1 is 1.11 bits per heavy atom. The van der Waals surface area contributed by atoms with Crippen LogP contribution in [0, 0.1) is 24.0 Å². The number of nitrogens with one attached hydrogen (secondary N) is 1. The highest BCUT2D eigenvalue weighted by atomic mass is 35.5. The maximum absolute atomic E-state index is 11.6. The summed E-state index contributed by atoms with van der Waals surface area (Å²) in [6.07, 6.45) is 0.948. The van der Waals surface area contributed by atoms with Gasteiger partial charge in [0.1, 0.15) is 5.39 Å². The molecule has 1 aromatic heterocycles. The second-order valence-electron chi connectivity index (χ2n) is 6.92. The largest absolute Gasteiger partial charge is 0.384 e. The van der Waals surface area contributed by atoms with Gasteiger partial charge in [0.05, 0.1) is 21.6 Å². The van der Waals surface area contributed by atoms with E-state index < -0.39 is 0 Å². The third-order valence-electron chi connectivity index (χ3n) is 4.62. The summed E-state index contributed by atoms with van der Waals surface area (Å²) in [5.41, 5.74) is 4.48. The second-order valence-corrected chi connectivity index (χ2v) is 6.92. The van der Waals surface area contributed by atoms with Gasteiger partial charge >= 0.3 is 0 Å². The molecule has 6 nitrogen and oxygen atoms in total. The Balaban J connectivity index is 0.00000261. The Morgan fingerprint density at radius 3 is 2.48 bits per heavy atom. The molecule has 0 amide bonds. The van der Waals surface area contributed by atoms with Gasteiger partial charge in [-0.05, 0) is 52.0 Å². The van der Waals surface area contributed by atoms with Crippen LogP contribution in [0.15, 0.2) is 30.3 Å². The van der Waals surface area contributed by atoms with E-state index in [1.165, 1.54) is 0 Å². The molecule has 0 aliphatic rings. The normalized spacial score (nSPS) is 11.0. The van der Waals surface area contributed by atoms with E-state index in [4.69, 9.17) is 4.98 Å². The molecule has 0 fully saturated rings. The van der Waals surface area contributed by atoms with Crippen molar-refractivity contribution < 1.29 is 4.92 Å². The van der Waals surface area contributed by atoms with Crippen LogP contribution in [0.5, 0.6) is 0 Å². The predicted molar refractivity (Wildman–Crippen MR) is 114 cm³/mol. The number of nitrogens with zero attached hydrogens (tertiary/aromatic N) is 3. The Morgan fingerprint density at radius 2 is 1.81 bits per heavy atom. The van der Waals surface area contributed by atoms with Gasteiger partial charge in [-0.3, -0.25) is 10.1 Å². The van der Waals surface area contributed by atoms with Crippen molar-refractivity contribution in [3.63, 3.8) is 0 Å². The highest BCUT2D eigenvalue weighted by Gasteiger charge is 2.21. The van der Waals surface area contributed by atoms with E-state index in [9.17, 15) is 10.1 Å².